The number of aliphatic imine (C=N–C) groups is 1. The molecule has 1 saturated heterocycles. The Morgan fingerprint density at radius 2 is 1.96 bits per heavy atom. The first-order chi connectivity index (χ1) is 12.6. The number of nitrogens with zero attached hydrogens (tertiary/aromatic N) is 2. The Kier molecular flexibility index (Phi) is 12.8. The monoisotopic (exact) mass is 517 g/mol. The maximum Gasteiger partial charge on any atom is 0.213 e. The Labute approximate surface area is 181 Å². The zero-order chi connectivity index (χ0) is 18.7. The van der Waals surface area contributed by atoms with Crippen molar-refractivity contribution in [3.8, 4) is 0 Å². The summed E-state index contributed by atoms with van der Waals surface area (Å²) < 4.78 is 32.1. The number of sulfonamides is 1. The van der Waals surface area contributed by atoms with Gasteiger partial charge in [0.2, 0.25) is 10.0 Å². The normalized spacial score (nSPS) is 19.2. The van der Waals surface area contributed by atoms with Gasteiger partial charge in [-0.25, -0.2) is 13.1 Å². The van der Waals surface area contributed by atoms with Crippen molar-refractivity contribution in [2.75, 3.05) is 64.8 Å². The molecule has 10 heteroatoms. The van der Waals surface area contributed by atoms with Crippen molar-refractivity contribution in [1.82, 2.24) is 20.3 Å². The Morgan fingerprint density at radius 3 is 2.59 bits per heavy atom. The van der Waals surface area contributed by atoms with Gasteiger partial charge in [0.1, 0.15) is 0 Å². The second kappa shape index (κ2) is 13.9. The zero-order valence-corrected chi connectivity index (χ0v) is 19.6. The number of morpholine rings is 1. The second-order valence-corrected chi connectivity index (χ2v) is 8.89. The molecule has 2 fully saturated rings. The van der Waals surface area contributed by atoms with Gasteiger partial charge in [0.15, 0.2) is 5.96 Å². The molecule has 8 nitrogen and oxygen atoms in total. The van der Waals surface area contributed by atoms with E-state index < -0.39 is 10.0 Å². The first kappa shape index (κ1) is 24.9. The first-order valence-corrected chi connectivity index (χ1v) is 11.5. The molecule has 1 aliphatic carbocycles. The number of nitrogens with one attached hydrogen (secondary N) is 3. The van der Waals surface area contributed by atoms with E-state index in [4.69, 9.17) is 4.74 Å². The standard InChI is InChI=1S/C17H35N5O3S.HI/c1-2-18-17(19-7-4-9-22-10-12-25-13-11-22)20-8-14-26(23,24)21-15-16-5-3-6-16;/h16,21H,2-15H2,1H3,(H2,18,19,20);1H. The van der Waals surface area contributed by atoms with Crippen LogP contribution in [0.25, 0.3) is 0 Å². The maximum absolute atomic E-state index is 12.0. The van der Waals surface area contributed by atoms with Crippen molar-refractivity contribution >= 4 is 40.0 Å². The van der Waals surface area contributed by atoms with E-state index in [1.54, 1.807) is 0 Å². The molecule has 0 bridgehead atoms. The highest BCUT2D eigenvalue weighted by Crippen LogP contribution is 2.25. The van der Waals surface area contributed by atoms with E-state index in [-0.39, 0.29) is 29.7 Å². The fourth-order valence-corrected chi connectivity index (χ4v) is 3.97. The molecule has 0 aromatic carbocycles. The minimum absolute atomic E-state index is 0. The van der Waals surface area contributed by atoms with E-state index in [0.29, 0.717) is 25.0 Å². The fourth-order valence-electron chi connectivity index (χ4n) is 2.97. The number of rotatable bonds is 11. The molecule has 2 rings (SSSR count). The van der Waals surface area contributed by atoms with Gasteiger partial charge >= 0.3 is 0 Å². The van der Waals surface area contributed by atoms with Gasteiger partial charge in [0.25, 0.3) is 0 Å². The third kappa shape index (κ3) is 10.8. The number of halogens is 1. The quantitative estimate of drug-likeness (QED) is 0.161. The van der Waals surface area contributed by atoms with Crippen molar-refractivity contribution in [2.24, 2.45) is 10.9 Å². The van der Waals surface area contributed by atoms with E-state index in [2.05, 4.69) is 25.2 Å². The van der Waals surface area contributed by atoms with E-state index in [1.807, 2.05) is 6.92 Å². The number of hydrogen-bond donors (Lipinski definition) is 3. The van der Waals surface area contributed by atoms with E-state index in [1.165, 1.54) is 6.42 Å². The molecule has 0 unspecified atom stereocenters. The minimum atomic E-state index is -3.22. The summed E-state index contributed by atoms with van der Waals surface area (Å²) in [6, 6.07) is 0. The molecule has 1 saturated carbocycles. The van der Waals surface area contributed by atoms with Crippen LogP contribution in [0.2, 0.25) is 0 Å². The largest absolute Gasteiger partial charge is 0.379 e. The van der Waals surface area contributed by atoms with Gasteiger partial charge in [-0.15, -0.1) is 24.0 Å². The lowest BCUT2D eigenvalue weighted by atomic mass is 9.86. The number of ether oxygens (including phenoxy) is 1. The van der Waals surface area contributed by atoms with Gasteiger partial charge in [-0.3, -0.25) is 9.89 Å². The summed E-state index contributed by atoms with van der Waals surface area (Å²) in [5.74, 6) is 1.28. The van der Waals surface area contributed by atoms with Crippen LogP contribution >= 0.6 is 24.0 Å². The summed E-state index contributed by atoms with van der Waals surface area (Å²) in [6.45, 7) is 9.05. The Balaban J connectivity index is 0.00000364. The lowest BCUT2D eigenvalue weighted by molar-refractivity contribution is 0.0377. The molecular formula is C17H36IN5O3S. The highest BCUT2D eigenvalue weighted by molar-refractivity contribution is 14.0. The fraction of sp³-hybridized carbons (Fsp3) is 0.941. The van der Waals surface area contributed by atoms with E-state index in [0.717, 1.165) is 65.2 Å². The van der Waals surface area contributed by atoms with Crippen LogP contribution in [0.4, 0.5) is 0 Å². The first-order valence-electron chi connectivity index (χ1n) is 9.88. The molecule has 160 valence electrons. The third-order valence-electron chi connectivity index (χ3n) is 4.83. The van der Waals surface area contributed by atoms with Crippen LogP contribution in [-0.4, -0.2) is 84.1 Å². The molecule has 0 atom stereocenters. The molecule has 0 amide bonds. The van der Waals surface area contributed by atoms with Gasteiger partial charge in [0, 0.05) is 45.8 Å². The molecule has 1 aliphatic heterocycles. The summed E-state index contributed by atoms with van der Waals surface area (Å²) in [4.78, 5) is 6.92. The lowest BCUT2D eigenvalue weighted by Crippen LogP contribution is -2.42. The summed E-state index contributed by atoms with van der Waals surface area (Å²) in [5.41, 5.74) is 0. The van der Waals surface area contributed by atoms with Gasteiger partial charge < -0.3 is 15.4 Å². The van der Waals surface area contributed by atoms with Crippen LogP contribution in [0, 0.1) is 5.92 Å². The third-order valence-corrected chi connectivity index (χ3v) is 6.18. The highest BCUT2D eigenvalue weighted by Gasteiger charge is 2.20. The van der Waals surface area contributed by atoms with Gasteiger partial charge in [-0.1, -0.05) is 6.42 Å². The van der Waals surface area contributed by atoms with Crippen LogP contribution in [0.15, 0.2) is 4.99 Å². The Hall–Kier alpha value is -0.170. The maximum atomic E-state index is 12.0. The van der Waals surface area contributed by atoms with Crippen molar-refractivity contribution in [1.29, 1.82) is 0 Å². The van der Waals surface area contributed by atoms with Gasteiger partial charge in [-0.05, 0) is 32.1 Å². The van der Waals surface area contributed by atoms with Crippen molar-refractivity contribution in [2.45, 2.75) is 32.6 Å². The van der Waals surface area contributed by atoms with E-state index >= 15 is 0 Å². The van der Waals surface area contributed by atoms with Crippen LogP contribution < -0.4 is 15.4 Å². The molecular weight excluding hydrogens is 481 g/mol. The van der Waals surface area contributed by atoms with Gasteiger partial charge in [0.05, 0.1) is 19.0 Å². The van der Waals surface area contributed by atoms with Crippen LogP contribution in [0.1, 0.15) is 32.6 Å². The molecule has 0 spiro atoms. The summed E-state index contributed by atoms with van der Waals surface area (Å²) in [7, 11) is -3.22. The molecule has 1 heterocycles. The Bertz CT molecular complexity index is 523. The Morgan fingerprint density at radius 1 is 1.22 bits per heavy atom. The molecule has 0 aromatic rings. The lowest BCUT2D eigenvalue weighted by Gasteiger charge is -2.26. The van der Waals surface area contributed by atoms with Crippen LogP contribution in [0.5, 0.6) is 0 Å². The minimum Gasteiger partial charge on any atom is -0.379 e. The summed E-state index contributed by atoms with van der Waals surface area (Å²) in [5, 5.41) is 6.28. The smallest absolute Gasteiger partial charge is 0.213 e. The average Bonchev–Trinajstić information content (AvgIpc) is 2.58. The topological polar surface area (TPSA) is 95.1 Å². The molecule has 0 aromatic heterocycles. The number of guanidine groups is 1. The second-order valence-electron chi connectivity index (χ2n) is 6.96. The predicted molar refractivity (Wildman–Crippen MR) is 120 cm³/mol. The summed E-state index contributed by atoms with van der Waals surface area (Å²) >= 11 is 0. The molecule has 3 N–H and O–H groups in total. The van der Waals surface area contributed by atoms with Crippen LogP contribution in [-0.2, 0) is 14.8 Å². The van der Waals surface area contributed by atoms with Crippen molar-refractivity contribution < 1.29 is 13.2 Å². The SMILES string of the molecule is CCNC(=NCCCN1CCOCC1)NCCS(=O)(=O)NCC1CCC1.I. The van der Waals surface area contributed by atoms with Crippen molar-refractivity contribution in [3.63, 3.8) is 0 Å². The highest BCUT2D eigenvalue weighted by atomic mass is 127. The zero-order valence-electron chi connectivity index (χ0n) is 16.4. The molecule has 27 heavy (non-hydrogen) atoms. The van der Waals surface area contributed by atoms with Gasteiger partial charge in [-0.2, -0.15) is 0 Å². The summed E-state index contributed by atoms with van der Waals surface area (Å²) in [6.07, 6.45) is 4.49. The average molecular weight is 517 g/mol. The number of hydrogen-bond acceptors (Lipinski definition) is 5. The van der Waals surface area contributed by atoms with Crippen LogP contribution in [0.3, 0.4) is 0 Å². The predicted octanol–water partition coefficient (Wildman–Crippen LogP) is 0.601. The van der Waals surface area contributed by atoms with Crippen molar-refractivity contribution in [3.05, 3.63) is 0 Å². The van der Waals surface area contributed by atoms with E-state index in [9.17, 15) is 8.42 Å². The molecule has 0 radical (unpaired) electrons. The molecule has 2 aliphatic rings.